The summed E-state index contributed by atoms with van der Waals surface area (Å²) in [6.45, 7) is 0. The Morgan fingerprint density at radius 2 is 2.00 bits per heavy atom. The molecule has 0 atom stereocenters. The van der Waals surface area contributed by atoms with Crippen molar-refractivity contribution < 1.29 is 9.90 Å². The van der Waals surface area contributed by atoms with Gasteiger partial charge in [-0.15, -0.1) is 0 Å². The minimum atomic E-state index is -0.254. The lowest BCUT2D eigenvalue weighted by Gasteiger charge is -2.24. The summed E-state index contributed by atoms with van der Waals surface area (Å²) in [6.07, 6.45) is 4.35. The summed E-state index contributed by atoms with van der Waals surface area (Å²) in [4.78, 5) is 24.5. The molecule has 1 amide bonds. The van der Waals surface area contributed by atoms with E-state index in [0.29, 0.717) is 18.7 Å². The number of carbonyl (C=O) groups excluding carboxylic acids is 1. The Labute approximate surface area is 145 Å². The smallest absolute Gasteiger partial charge is 0.227 e. The van der Waals surface area contributed by atoms with Gasteiger partial charge in [-0.1, -0.05) is 6.07 Å². The average Bonchev–Trinajstić information content (AvgIpc) is 3.06. The molecular formula is C19H20N4O2. The Morgan fingerprint density at radius 3 is 2.76 bits per heavy atom. The lowest BCUT2D eigenvalue weighted by Crippen LogP contribution is -2.28. The number of benzene rings is 1. The molecule has 1 fully saturated rings. The van der Waals surface area contributed by atoms with E-state index in [2.05, 4.69) is 20.3 Å². The van der Waals surface area contributed by atoms with Crippen LogP contribution in [-0.4, -0.2) is 32.1 Å². The van der Waals surface area contributed by atoms with Crippen molar-refractivity contribution in [2.75, 3.05) is 5.32 Å². The number of imidazole rings is 1. The first-order chi connectivity index (χ1) is 12.2. The molecule has 25 heavy (non-hydrogen) atoms. The van der Waals surface area contributed by atoms with Crippen molar-refractivity contribution in [3.8, 4) is 11.5 Å². The van der Waals surface area contributed by atoms with Crippen LogP contribution in [0.15, 0.2) is 42.6 Å². The molecule has 0 spiro atoms. The number of aliphatic hydroxyl groups excluding tert-OH is 1. The quantitative estimate of drug-likeness (QED) is 0.685. The average molecular weight is 336 g/mol. The predicted molar refractivity (Wildman–Crippen MR) is 95.9 cm³/mol. The van der Waals surface area contributed by atoms with Crippen LogP contribution in [0.1, 0.15) is 25.7 Å². The molecule has 128 valence electrons. The third-order valence-corrected chi connectivity index (χ3v) is 4.72. The van der Waals surface area contributed by atoms with Crippen molar-refractivity contribution >= 4 is 22.6 Å². The molecule has 4 rings (SSSR count). The molecule has 2 heterocycles. The number of fused-ring (bicyclic) bond motifs is 1. The van der Waals surface area contributed by atoms with Crippen LogP contribution in [0.5, 0.6) is 0 Å². The van der Waals surface area contributed by atoms with Crippen molar-refractivity contribution in [3.05, 3.63) is 42.6 Å². The zero-order chi connectivity index (χ0) is 17.2. The third kappa shape index (κ3) is 3.39. The minimum absolute atomic E-state index is 0.0232. The number of aromatic amines is 1. The molecule has 1 saturated carbocycles. The van der Waals surface area contributed by atoms with Crippen molar-refractivity contribution in [1.29, 1.82) is 0 Å². The summed E-state index contributed by atoms with van der Waals surface area (Å²) >= 11 is 0. The number of pyridine rings is 1. The summed E-state index contributed by atoms with van der Waals surface area (Å²) in [6, 6.07) is 11.3. The van der Waals surface area contributed by atoms with Crippen LogP contribution in [0, 0.1) is 5.92 Å². The van der Waals surface area contributed by atoms with Crippen molar-refractivity contribution in [2.24, 2.45) is 5.92 Å². The van der Waals surface area contributed by atoms with E-state index in [1.165, 1.54) is 0 Å². The van der Waals surface area contributed by atoms with Gasteiger partial charge in [-0.05, 0) is 56.0 Å². The summed E-state index contributed by atoms with van der Waals surface area (Å²) in [5.74, 6) is 0.709. The number of hydrogen-bond acceptors (Lipinski definition) is 4. The molecule has 1 aliphatic rings. The van der Waals surface area contributed by atoms with Gasteiger partial charge in [0.1, 0.15) is 5.69 Å². The van der Waals surface area contributed by atoms with Gasteiger partial charge in [0.05, 0.1) is 17.1 Å². The number of anilines is 1. The summed E-state index contributed by atoms with van der Waals surface area (Å²) in [5, 5.41) is 12.5. The fraction of sp³-hybridized carbons (Fsp3) is 0.316. The van der Waals surface area contributed by atoms with Gasteiger partial charge < -0.3 is 15.4 Å². The van der Waals surface area contributed by atoms with Crippen LogP contribution in [-0.2, 0) is 4.79 Å². The van der Waals surface area contributed by atoms with E-state index in [-0.39, 0.29) is 17.9 Å². The number of hydrogen-bond donors (Lipinski definition) is 3. The molecule has 2 aromatic heterocycles. The Bertz CT molecular complexity index is 883. The highest BCUT2D eigenvalue weighted by Gasteiger charge is 2.25. The highest BCUT2D eigenvalue weighted by molar-refractivity contribution is 5.94. The van der Waals surface area contributed by atoms with Gasteiger partial charge in [0.25, 0.3) is 0 Å². The van der Waals surface area contributed by atoms with Crippen molar-refractivity contribution in [2.45, 2.75) is 31.8 Å². The fourth-order valence-corrected chi connectivity index (χ4v) is 3.29. The second-order valence-corrected chi connectivity index (χ2v) is 6.53. The minimum Gasteiger partial charge on any atom is -0.393 e. The number of carbonyl (C=O) groups is 1. The highest BCUT2D eigenvalue weighted by atomic mass is 16.3. The number of amides is 1. The second kappa shape index (κ2) is 6.64. The lowest BCUT2D eigenvalue weighted by atomic mass is 9.87. The number of aliphatic hydroxyl groups is 1. The number of rotatable bonds is 3. The summed E-state index contributed by atoms with van der Waals surface area (Å²) < 4.78 is 0. The highest BCUT2D eigenvalue weighted by Crippen LogP contribution is 2.26. The molecule has 0 bridgehead atoms. The molecule has 1 aromatic carbocycles. The predicted octanol–water partition coefficient (Wildman–Crippen LogP) is 3.11. The zero-order valence-corrected chi connectivity index (χ0v) is 13.8. The molecule has 3 N–H and O–H groups in total. The van der Waals surface area contributed by atoms with Gasteiger partial charge in [-0.25, -0.2) is 4.98 Å². The molecule has 0 saturated heterocycles. The van der Waals surface area contributed by atoms with Crippen LogP contribution < -0.4 is 5.32 Å². The fourth-order valence-electron chi connectivity index (χ4n) is 3.29. The van der Waals surface area contributed by atoms with E-state index in [1.54, 1.807) is 6.20 Å². The lowest BCUT2D eigenvalue weighted by molar-refractivity contribution is -0.121. The van der Waals surface area contributed by atoms with E-state index < -0.39 is 0 Å². The van der Waals surface area contributed by atoms with Gasteiger partial charge in [-0.2, -0.15) is 0 Å². The monoisotopic (exact) mass is 336 g/mol. The first-order valence-electron chi connectivity index (χ1n) is 8.59. The van der Waals surface area contributed by atoms with Crippen LogP contribution >= 0.6 is 0 Å². The molecule has 0 radical (unpaired) electrons. The van der Waals surface area contributed by atoms with Gasteiger partial charge in [0.2, 0.25) is 5.91 Å². The molecule has 6 heteroatoms. The van der Waals surface area contributed by atoms with E-state index in [1.807, 2.05) is 36.4 Å². The Kier molecular flexibility index (Phi) is 4.19. The largest absolute Gasteiger partial charge is 0.393 e. The van der Waals surface area contributed by atoms with E-state index in [9.17, 15) is 9.90 Å². The third-order valence-electron chi connectivity index (χ3n) is 4.72. The number of H-pyrrole nitrogens is 1. The van der Waals surface area contributed by atoms with Gasteiger partial charge in [-0.3, -0.25) is 9.78 Å². The number of nitrogens with zero attached hydrogens (tertiary/aromatic N) is 2. The molecule has 0 aliphatic heterocycles. The van der Waals surface area contributed by atoms with Crippen molar-refractivity contribution in [3.63, 3.8) is 0 Å². The van der Waals surface area contributed by atoms with E-state index >= 15 is 0 Å². The van der Waals surface area contributed by atoms with Crippen LogP contribution in [0.25, 0.3) is 22.6 Å². The number of aromatic nitrogens is 3. The Balaban J connectivity index is 1.52. The Morgan fingerprint density at radius 1 is 1.16 bits per heavy atom. The first kappa shape index (κ1) is 15.8. The van der Waals surface area contributed by atoms with Crippen LogP contribution in [0.3, 0.4) is 0 Å². The molecule has 6 nitrogen and oxygen atoms in total. The summed E-state index contributed by atoms with van der Waals surface area (Å²) in [7, 11) is 0. The topological polar surface area (TPSA) is 90.9 Å². The van der Waals surface area contributed by atoms with Crippen LogP contribution in [0.4, 0.5) is 5.69 Å². The van der Waals surface area contributed by atoms with Gasteiger partial charge >= 0.3 is 0 Å². The summed E-state index contributed by atoms with van der Waals surface area (Å²) in [5.41, 5.74) is 3.22. The first-order valence-corrected chi connectivity index (χ1v) is 8.59. The number of nitrogens with one attached hydrogen (secondary N) is 2. The maximum atomic E-state index is 12.4. The molecular weight excluding hydrogens is 316 g/mol. The van der Waals surface area contributed by atoms with Crippen molar-refractivity contribution in [1.82, 2.24) is 15.0 Å². The van der Waals surface area contributed by atoms with Gasteiger partial charge in [0.15, 0.2) is 5.82 Å². The molecule has 3 aromatic rings. The van der Waals surface area contributed by atoms with E-state index in [0.717, 1.165) is 35.3 Å². The zero-order valence-electron chi connectivity index (χ0n) is 13.8. The van der Waals surface area contributed by atoms with Gasteiger partial charge in [0, 0.05) is 17.8 Å². The Hall–Kier alpha value is -2.73. The maximum Gasteiger partial charge on any atom is 0.227 e. The second-order valence-electron chi connectivity index (χ2n) is 6.53. The molecule has 0 unspecified atom stereocenters. The normalized spacial score (nSPS) is 20.5. The van der Waals surface area contributed by atoms with E-state index in [4.69, 9.17) is 0 Å². The van der Waals surface area contributed by atoms with Crippen LogP contribution in [0.2, 0.25) is 0 Å². The standard InChI is InChI=1S/C19H20N4O2/c24-14-7-4-12(5-8-14)19(25)21-13-6-9-15-17(11-13)23-18(22-15)16-3-1-2-10-20-16/h1-3,6,9-12,14,24H,4-5,7-8H2,(H,21,25)(H,22,23). The SMILES string of the molecule is O=C(Nc1ccc2nc(-c3ccccn3)[nH]c2c1)C1CCC(O)CC1. The maximum absolute atomic E-state index is 12.4. The molecule has 1 aliphatic carbocycles.